The van der Waals surface area contributed by atoms with Gasteiger partial charge in [-0.2, -0.15) is 0 Å². The fraction of sp³-hybridized carbons (Fsp3) is 1.00. The molecule has 1 N–H and O–H groups in total. The molecule has 2 saturated heterocycles. The van der Waals surface area contributed by atoms with Gasteiger partial charge >= 0.3 is 0 Å². The highest BCUT2D eigenvalue weighted by Gasteiger charge is 2.40. The van der Waals surface area contributed by atoms with Crippen LogP contribution in [0.4, 0.5) is 0 Å². The number of rotatable bonds is 6. The van der Waals surface area contributed by atoms with Gasteiger partial charge in [0.2, 0.25) is 0 Å². The molecular formula is C16H30N2. The quantitative estimate of drug-likeness (QED) is 0.779. The van der Waals surface area contributed by atoms with Crippen LogP contribution in [0.1, 0.15) is 58.3 Å². The summed E-state index contributed by atoms with van der Waals surface area (Å²) in [5.41, 5.74) is 0. The van der Waals surface area contributed by atoms with E-state index < -0.39 is 0 Å². The molecule has 3 aliphatic rings. The minimum atomic E-state index is 0.812. The van der Waals surface area contributed by atoms with Crippen LogP contribution in [0.2, 0.25) is 0 Å². The highest BCUT2D eigenvalue weighted by Crippen LogP contribution is 2.41. The molecule has 2 heteroatoms. The van der Waals surface area contributed by atoms with E-state index in [9.17, 15) is 0 Å². The second-order valence-corrected chi connectivity index (χ2v) is 6.97. The first-order valence-corrected chi connectivity index (χ1v) is 8.23. The van der Waals surface area contributed by atoms with Gasteiger partial charge in [0, 0.05) is 18.1 Å². The summed E-state index contributed by atoms with van der Waals surface area (Å²) < 4.78 is 0. The number of hydrogen-bond donors (Lipinski definition) is 1. The lowest BCUT2D eigenvalue weighted by Gasteiger charge is -2.40. The first-order chi connectivity index (χ1) is 8.78. The maximum absolute atomic E-state index is 3.80. The third kappa shape index (κ3) is 2.75. The van der Waals surface area contributed by atoms with Crippen LogP contribution in [0.15, 0.2) is 0 Å². The van der Waals surface area contributed by atoms with Crippen molar-refractivity contribution < 1.29 is 0 Å². The lowest BCUT2D eigenvalue weighted by atomic mass is 9.83. The van der Waals surface area contributed by atoms with E-state index in [0.717, 1.165) is 36.5 Å². The lowest BCUT2D eigenvalue weighted by Crippen LogP contribution is -2.47. The smallest absolute Gasteiger partial charge is 0.00989 e. The Balaban J connectivity index is 1.56. The fourth-order valence-electron chi connectivity index (χ4n) is 4.37. The van der Waals surface area contributed by atoms with Crippen molar-refractivity contribution in [2.45, 2.75) is 76.4 Å². The molecule has 18 heavy (non-hydrogen) atoms. The summed E-state index contributed by atoms with van der Waals surface area (Å²) in [6.07, 6.45) is 11.8. The zero-order chi connectivity index (χ0) is 12.5. The molecule has 3 rings (SSSR count). The summed E-state index contributed by atoms with van der Waals surface area (Å²) in [6, 6.07) is 2.61. The molecule has 0 aromatic heterocycles. The largest absolute Gasteiger partial charge is 0.314 e. The molecule has 3 unspecified atom stereocenters. The van der Waals surface area contributed by atoms with Gasteiger partial charge in [0.25, 0.3) is 0 Å². The predicted molar refractivity (Wildman–Crippen MR) is 76.7 cm³/mol. The third-order valence-corrected chi connectivity index (χ3v) is 5.75. The molecule has 104 valence electrons. The van der Waals surface area contributed by atoms with Gasteiger partial charge in [-0.25, -0.2) is 0 Å². The van der Waals surface area contributed by atoms with Gasteiger partial charge in [-0.15, -0.1) is 0 Å². The first kappa shape index (κ1) is 12.9. The van der Waals surface area contributed by atoms with Crippen LogP contribution in [-0.2, 0) is 0 Å². The highest BCUT2D eigenvalue weighted by atomic mass is 15.2. The molecule has 0 radical (unpaired) electrons. The first-order valence-electron chi connectivity index (χ1n) is 8.23. The Hall–Kier alpha value is -0.0800. The summed E-state index contributed by atoms with van der Waals surface area (Å²) in [6.45, 7) is 3.42. The van der Waals surface area contributed by atoms with Crippen molar-refractivity contribution in [3.8, 4) is 0 Å². The summed E-state index contributed by atoms with van der Waals surface area (Å²) in [5.74, 6) is 2.05. The predicted octanol–water partition coefficient (Wildman–Crippen LogP) is 3.03. The second-order valence-electron chi connectivity index (χ2n) is 6.97. The minimum Gasteiger partial charge on any atom is -0.314 e. The number of piperidine rings is 1. The van der Waals surface area contributed by atoms with E-state index in [2.05, 4.69) is 24.2 Å². The third-order valence-electron chi connectivity index (χ3n) is 5.75. The summed E-state index contributed by atoms with van der Waals surface area (Å²) in [5, 5.41) is 3.80. The molecule has 0 aromatic rings. The van der Waals surface area contributed by atoms with Crippen LogP contribution >= 0.6 is 0 Å². The molecule has 1 saturated carbocycles. The van der Waals surface area contributed by atoms with Crippen molar-refractivity contribution in [1.29, 1.82) is 0 Å². The van der Waals surface area contributed by atoms with Crippen LogP contribution in [0.3, 0.4) is 0 Å². The van der Waals surface area contributed by atoms with E-state index in [1.165, 1.54) is 51.4 Å². The number of nitrogens with zero attached hydrogens (tertiary/aromatic N) is 1. The maximum atomic E-state index is 3.80. The molecule has 0 spiro atoms. The van der Waals surface area contributed by atoms with Crippen LogP contribution < -0.4 is 5.32 Å². The maximum Gasteiger partial charge on any atom is 0.00989 e. The lowest BCUT2D eigenvalue weighted by molar-refractivity contribution is 0.109. The van der Waals surface area contributed by atoms with Crippen LogP contribution in [0, 0.1) is 11.8 Å². The zero-order valence-corrected chi connectivity index (χ0v) is 12.2. The van der Waals surface area contributed by atoms with Crippen molar-refractivity contribution >= 4 is 0 Å². The zero-order valence-electron chi connectivity index (χ0n) is 12.2. The Morgan fingerprint density at radius 1 is 1.11 bits per heavy atom. The molecule has 0 aromatic carbocycles. The van der Waals surface area contributed by atoms with Crippen molar-refractivity contribution in [2.75, 3.05) is 13.6 Å². The van der Waals surface area contributed by atoms with Gasteiger partial charge in [0.1, 0.15) is 0 Å². The fourth-order valence-corrected chi connectivity index (χ4v) is 4.37. The average Bonchev–Trinajstić information content (AvgIpc) is 3.16. The van der Waals surface area contributed by atoms with Crippen LogP contribution in [0.5, 0.6) is 0 Å². The van der Waals surface area contributed by atoms with E-state index in [1.54, 1.807) is 0 Å². The van der Waals surface area contributed by atoms with Gasteiger partial charge < -0.3 is 10.2 Å². The average molecular weight is 250 g/mol. The van der Waals surface area contributed by atoms with Gasteiger partial charge in [-0.05, 0) is 64.0 Å². The monoisotopic (exact) mass is 250 g/mol. The van der Waals surface area contributed by atoms with E-state index in [-0.39, 0.29) is 0 Å². The van der Waals surface area contributed by atoms with E-state index in [4.69, 9.17) is 0 Å². The molecule has 2 bridgehead atoms. The number of nitrogens with one attached hydrogen (secondary N) is 1. The molecule has 3 atom stereocenters. The minimum absolute atomic E-state index is 0.812. The number of hydrogen-bond acceptors (Lipinski definition) is 2. The van der Waals surface area contributed by atoms with Gasteiger partial charge in [0.05, 0.1) is 0 Å². The molecule has 2 heterocycles. The standard InChI is InChI=1S/C16H30N2/c1-3-17-16(9-6-12-4-5-12)13-10-14-7-8-15(11-13)18(14)2/h12-17H,3-11H2,1-2H3. The molecule has 0 amide bonds. The Morgan fingerprint density at radius 3 is 2.33 bits per heavy atom. The van der Waals surface area contributed by atoms with Crippen molar-refractivity contribution in [2.24, 2.45) is 11.8 Å². The van der Waals surface area contributed by atoms with Gasteiger partial charge in [-0.1, -0.05) is 19.8 Å². The van der Waals surface area contributed by atoms with E-state index in [0.29, 0.717) is 0 Å². The normalized spacial score (nSPS) is 38.0. The summed E-state index contributed by atoms with van der Waals surface area (Å²) in [4.78, 5) is 2.67. The van der Waals surface area contributed by atoms with Gasteiger partial charge in [-0.3, -0.25) is 0 Å². The van der Waals surface area contributed by atoms with Crippen molar-refractivity contribution in [3.63, 3.8) is 0 Å². The highest BCUT2D eigenvalue weighted by molar-refractivity contribution is 4.96. The second kappa shape index (κ2) is 5.50. The molecule has 1 aliphatic carbocycles. The number of fused-ring (bicyclic) bond motifs is 2. The molecule has 2 aliphatic heterocycles. The molecular weight excluding hydrogens is 220 g/mol. The van der Waals surface area contributed by atoms with Crippen LogP contribution in [-0.4, -0.2) is 36.6 Å². The Labute approximate surface area is 113 Å². The molecule has 3 fully saturated rings. The van der Waals surface area contributed by atoms with Gasteiger partial charge in [0.15, 0.2) is 0 Å². The topological polar surface area (TPSA) is 15.3 Å². The SMILES string of the molecule is CCNC(CCC1CC1)C1CC2CCC(C1)N2C. The van der Waals surface area contributed by atoms with Crippen LogP contribution in [0.25, 0.3) is 0 Å². The van der Waals surface area contributed by atoms with Crippen molar-refractivity contribution in [1.82, 2.24) is 10.2 Å². The van der Waals surface area contributed by atoms with E-state index >= 15 is 0 Å². The summed E-state index contributed by atoms with van der Waals surface area (Å²) in [7, 11) is 2.35. The van der Waals surface area contributed by atoms with E-state index in [1.807, 2.05) is 0 Å². The van der Waals surface area contributed by atoms with Crippen molar-refractivity contribution in [3.05, 3.63) is 0 Å². The summed E-state index contributed by atoms with van der Waals surface area (Å²) >= 11 is 0. The Bertz CT molecular complexity index is 260. The molecule has 2 nitrogen and oxygen atoms in total. The Morgan fingerprint density at radius 2 is 1.78 bits per heavy atom. The Kier molecular flexibility index (Phi) is 3.95.